The number of nitrogens with zero attached hydrogens (tertiary/aromatic N) is 3. The van der Waals surface area contributed by atoms with E-state index in [0.717, 1.165) is 23.2 Å². The highest BCUT2D eigenvalue weighted by molar-refractivity contribution is 6.99. The Morgan fingerprint density at radius 3 is 3.11 bits per heavy atom. The molecule has 5 nitrogen and oxygen atoms in total. The Morgan fingerprint density at radius 2 is 2.33 bits per heavy atom. The van der Waals surface area contributed by atoms with Gasteiger partial charge >= 0.3 is 0 Å². The minimum Gasteiger partial charge on any atom is -0.489 e. The first-order chi connectivity index (χ1) is 8.77. The molecule has 18 heavy (non-hydrogen) atoms. The van der Waals surface area contributed by atoms with Crippen LogP contribution in [0.4, 0.5) is 5.69 Å². The van der Waals surface area contributed by atoms with E-state index in [1.54, 1.807) is 4.90 Å². The Kier molecular flexibility index (Phi) is 2.71. The number of ether oxygens (including phenoxy) is 1. The van der Waals surface area contributed by atoms with E-state index in [9.17, 15) is 4.79 Å². The van der Waals surface area contributed by atoms with Crippen LogP contribution >= 0.6 is 11.7 Å². The summed E-state index contributed by atoms with van der Waals surface area (Å²) in [6, 6.07) is 7.50. The fourth-order valence-electron chi connectivity index (χ4n) is 1.99. The van der Waals surface area contributed by atoms with Crippen LogP contribution in [0.5, 0.6) is 5.75 Å². The lowest BCUT2D eigenvalue weighted by molar-refractivity contribution is 0.0957. The third-order valence-corrected chi connectivity index (χ3v) is 3.32. The molecule has 6 heteroatoms. The van der Waals surface area contributed by atoms with Crippen LogP contribution in [0.2, 0.25) is 0 Å². The Bertz CT molecular complexity index is 570. The average Bonchev–Trinajstić information content (AvgIpc) is 2.92. The Labute approximate surface area is 108 Å². The van der Waals surface area contributed by atoms with Crippen molar-refractivity contribution in [2.45, 2.75) is 13.0 Å². The molecule has 2 aromatic rings. The highest BCUT2D eigenvalue weighted by Gasteiger charge is 2.30. The summed E-state index contributed by atoms with van der Waals surface area (Å²) in [5.74, 6) is 0.596. The minimum absolute atomic E-state index is 0.0194. The van der Waals surface area contributed by atoms with E-state index < -0.39 is 0 Å². The highest BCUT2D eigenvalue weighted by Crippen LogP contribution is 2.34. The van der Waals surface area contributed by atoms with E-state index in [2.05, 4.69) is 8.75 Å². The minimum atomic E-state index is -0.132. The maximum Gasteiger partial charge on any atom is 0.280 e. The van der Waals surface area contributed by atoms with E-state index in [-0.39, 0.29) is 11.9 Å². The second kappa shape index (κ2) is 4.38. The standard InChI is InChI=1S/C12H11N3O2S/c1-8-7-17-11-5-3-2-4-10(11)15(8)12(16)9-6-13-18-14-9/h2-6,8H,7H2,1H3/t8-/m0/s1. The van der Waals surface area contributed by atoms with E-state index in [1.807, 2.05) is 31.2 Å². The molecule has 0 unspecified atom stereocenters. The van der Waals surface area contributed by atoms with Crippen molar-refractivity contribution in [3.8, 4) is 5.75 Å². The molecule has 92 valence electrons. The quantitative estimate of drug-likeness (QED) is 0.787. The van der Waals surface area contributed by atoms with Gasteiger partial charge < -0.3 is 4.74 Å². The molecule has 0 radical (unpaired) electrons. The van der Waals surface area contributed by atoms with E-state index in [4.69, 9.17) is 4.74 Å². The topological polar surface area (TPSA) is 55.3 Å². The van der Waals surface area contributed by atoms with Crippen LogP contribution in [-0.4, -0.2) is 27.3 Å². The van der Waals surface area contributed by atoms with E-state index in [1.165, 1.54) is 6.20 Å². The molecule has 1 atom stereocenters. The fourth-order valence-corrected chi connectivity index (χ4v) is 2.40. The summed E-state index contributed by atoms with van der Waals surface area (Å²) in [5.41, 5.74) is 1.16. The number of carbonyl (C=O) groups is 1. The van der Waals surface area contributed by atoms with Crippen molar-refractivity contribution in [3.05, 3.63) is 36.2 Å². The molecule has 0 aliphatic carbocycles. The van der Waals surface area contributed by atoms with Crippen LogP contribution < -0.4 is 9.64 Å². The average molecular weight is 261 g/mol. The number of anilines is 1. The molecule has 1 aromatic heterocycles. The first-order valence-electron chi connectivity index (χ1n) is 5.60. The molecular weight excluding hydrogens is 250 g/mol. The molecule has 0 saturated heterocycles. The number of fused-ring (bicyclic) bond motifs is 1. The summed E-state index contributed by atoms with van der Waals surface area (Å²) in [7, 11) is 0. The molecule has 0 spiro atoms. The molecule has 1 aromatic carbocycles. The Balaban J connectivity index is 2.03. The van der Waals surface area contributed by atoms with Crippen molar-refractivity contribution in [2.75, 3.05) is 11.5 Å². The van der Waals surface area contributed by atoms with Gasteiger partial charge in [0.1, 0.15) is 12.4 Å². The van der Waals surface area contributed by atoms with Crippen molar-refractivity contribution in [1.29, 1.82) is 0 Å². The van der Waals surface area contributed by atoms with Gasteiger partial charge in [-0.15, -0.1) is 0 Å². The van der Waals surface area contributed by atoms with Crippen molar-refractivity contribution in [2.24, 2.45) is 0 Å². The lowest BCUT2D eigenvalue weighted by Crippen LogP contribution is -2.45. The third kappa shape index (κ3) is 1.74. The number of carbonyl (C=O) groups excluding carboxylic acids is 1. The van der Waals surface area contributed by atoms with Crippen molar-refractivity contribution in [3.63, 3.8) is 0 Å². The highest BCUT2D eigenvalue weighted by atomic mass is 32.1. The maximum absolute atomic E-state index is 12.4. The van der Waals surface area contributed by atoms with Gasteiger partial charge in [0.25, 0.3) is 5.91 Å². The monoisotopic (exact) mass is 261 g/mol. The van der Waals surface area contributed by atoms with Gasteiger partial charge in [-0.2, -0.15) is 8.75 Å². The third-order valence-electron chi connectivity index (χ3n) is 2.84. The summed E-state index contributed by atoms with van der Waals surface area (Å²) in [6.45, 7) is 2.44. The maximum atomic E-state index is 12.4. The van der Waals surface area contributed by atoms with E-state index >= 15 is 0 Å². The number of amides is 1. The molecule has 0 N–H and O–H groups in total. The van der Waals surface area contributed by atoms with Gasteiger partial charge in [-0.3, -0.25) is 9.69 Å². The predicted molar refractivity (Wildman–Crippen MR) is 68.1 cm³/mol. The molecule has 0 bridgehead atoms. The first-order valence-corrected chi connectivity index (χ1v) is 6.33. The van der Waals surface area contributed by atoms with Gasteiger partial charge in [0, 0.05) is 0 Å². The van der Waals surface area contributed by atoms with Gasteiger partial charge in [0.2, 0.25) is 0 Å². The Hall–Kier alpha value is -1.95. The zero-order valence-corrected chi connectivity index (χ0v) is 10.6. The van der Waals surface area contributed by atoms with Crippen LogP contribution in [-0.2, 0) is 0 Å². The lowest BCUT2D eigenvalue weighted by atomic mass is 10.1. The molecule has 1 aliphatic rings. The van der Waals surface area contributed by atoms with Gasteiger partial charge in [-0.1, -0.05) is 12.1 Å². The summed E-state index contributed by atoms with van der Waals surface area (Å²) < 4.78 is 13.5. The second-order valence-corrected chi connectivity index (χ2v) is 4.65. The number of hydrogen-bond donors (Lipinski definition) is 0. The van der Waals surface area contributed by atoms with Gasteiger partial charge in [-0.25, -0.2) is 0 Å². The SMILES string of the molecule is C[C@H]1COc2ccccc2N1C(=O)c1cnsn1. The number of hydrogen-bond acceptors (Lipinski definition) is 5. The number of rotatable bonds is 1. The van der Waals surface area contributed by atoms with Crippen molar-refractivity contribution >= 4 is 23.3 Å². The van der Waals surface area contributed by atoms with Crippen LogP contribution in [0.1, 0.15) is 17.4 Å². The van der Waals surface area contributed by atoms with Gasteiger partial charge in [0.15, 0.2) is 5.69 Å². The normalized spacial score (nSPS) is 18.1. The Morgan fingerprint density at radius 1 is 1.50 bits per heavy atom. The zero-order valence-electron chi connectivity index (χ0n) is 9.74. The van der Waals surface area contributed by atoms with Gasteiger partial charge in [0.05, 0.1) is 29.7 Å². The predicted octanol–water partition coefficient (Wildman–Crippen LogP) is 1.97. The van der Waals surface area contributed by atoms with Crippen LogP contribution in [0, 0.1) is 0 Å². The van der Waals surface area contributed by atoms with Crippen LogP contribution in [0.25, 0.3) is 0 Å². The molecule has 0 saturated carbocycles. The summed E-state index contributed by atoms with van der Waals surface area (Å²) in [6.07, 6.45) is 1.50. The zero-order chi connectivity index (χ0) is 12.5. The van der Waals surface area contributed by atoms with Crippen molar-refractivity contribution in [1.82, 2.24) is 8.75 Å². The molecule has 3 rings (SSSR count). The van der Waals surface area contributed by atoms with Crippen molar-refractivity contribution < 1.29 is 9.53 Å². The number of aromatic nitrogens is 2. The summed E-state index contributed by atoms with van der Waals surface area (Å²) in [5, 5.41) is 0. The molecule has 2 heterocycles. The van der Waals surface area contributed by atoms with E-state index in [0.29, 0.717) is 12.3 Å². The van der Waals surface area contributed by atoms with Crippen LogP contribution in [0.15, 0.2) is 30.5 Å². The smallest absolute Gasteiger partial charge is 0.280 e. The number of benzene rings is 1. The summed E-state index contributed by atoms with van der Waals surface area (Å²) in [4.78, 5) is 14.1. The molecule has 1 aliphatic heterocycles. The van der Waals surface area contributed by atoms with Crippen LogP contribution in [0.3, 0.4) is 0 Å². The van der Waals surface area contributed by atoms with Gasteiger partial charge in [-0.05, 0) is 19.1 Å². The molecule has 1 amide bonds. The molecule has 0 fully saturated rings. The largest absolute Gasteiger partial charge is 0.489 e. The fraction of sp³-hybridized carbons (Fsp3) is 0.250. The second-order valence-electron chi connectivity index (χ2n) is 4.10. The lowest BCUT2D eigenvalue weighted by Gasteiger charge is -2.34. The first kappa shape index (κ1) is 11.2. The number of para-hydroxylation sites is 2. The summed E-state index contributed by atoms with van der Waals surface area (Å²) >= 11 is 1.04. The molecular formula is C12H11N3O2S.